The summed E-state index contributed by atoms with van der Waals surface area (Å²) in [6.07, 6.45) is 2.18. The van der Waals surface area contributed by atoms with Gasteiger partial charge in [0.25, 0.3) is 11.2 Å². The lowest BCUT2D eigenvalue weighted by Gasteiger charge is -2.25. The second-order valence-electron chi connectivity index (χ2n) is 9.44. The molecule has 1 atom stereocenters. The molecule has 4 aromatic rings. The van der Waals surface area contributed by atoms with Gasteiger partial charge < -0.3 is 14.2 Å². The van der Waals surface area contributed by atoms with Crippen LogP contribution in [0, 0.1) is 10.1 Å². The van der Waals surface area contributed by atoms with E-state index in [0.29, 0.717) is 54.1 Å². The fourth-order valence-electron chi connectivity index (χ4n) is 4.83. The van der Waals surface area contributed by atoms with Crippen LogP contribution in [-0.4, -0.2) is 29.7 Å². The minimum absolute atomic E-state index is 0.0172. The highest BCUT2D eigenvalue weighted by Crippen LogP contribution is 2.36. The van der Waals surface area contributed by atoms with Crippen molar-refractivity contribution < 1.29 is 23.9 Å². The third kappa shape index (κ3) is 6.02. The number of nitro groups is 1. The highest BCUT2D eigenvalue weighted by molar-refractivity contribution is 9.10. The van der Waals surface area contributed by atoms with Crippen molar-refractivity contribution in [3.8, 4) is 11.5 Å². The maximum absolute atomic E-state index is 14.0. The average molecular weight is 665 g/mol. The van der Waals surface area contributed by atoms with Gasteiger partial charge in [0, 0.05) is 22.2 Å². The zero-order valence-electron chi connectivity index (χ0n) is 23.4. The van der Waals surface area contributed by atoms with Crippen LogP contribution in [0.1, 0.15) is 36.1 Å². The molecule has 0 aliphatic carbocycles. The van der Waals surface area contributed by atoms with Gasteiger partial charge in [-0.2, -0.15) is 0 Å². The Hall–Kier alpha value is -4.55. The quantitative estimate of drug-likeness (QED) is 0.139. The van der Waals surface area contributed by atoms with Crippen molar-refractivity contribution in [1.82, 2.24) is 4.57 Å². The molecule has 0 radical (unpaired) electrons. The molecule has 1 aliphatic heterocycles. The molecule has 2 heterocycles. The third-order valence-corrected chi connectivity index (χ3v) is 8.29. The maximum atomic E-state index is 14.0. The summed E-state index contributed by atoms with van der Waals surface area (Å²) in [5.74, 6) is 0.278. The van der Waals surface area contributed by atoms with E-state index in [9.17, 15) is 19.7 Å². The zero-order valence-corrected chi connectivity index (χ0v) is 25.8. The van der Waals surface area contributed by atoms with Crippen LogP contribution in [0.25, 0.3) is 6.08 Å². The summed E-state index contributed by atoms with van der Waals surface area (Å²) in [5, 5.41) is 11.0. The smallest absolute Gasteiger partial charge is 0.338 e. The lowest BCUT2D eigenvalue weighted by Crippen LogP contribution is -2.40. The Morgan fingerprint density at radius 3 is 2.49 bits per heavy atom. The van der Waals surface area contributed by atoms with Crippen LogP contribution >= 0.6 is 27.3 Å². The first kappa shape index (κ1) is 29.9. The number of allylic oxidation sites excluding steroid dienone is 1. The Balaban J connectivity index is 1.64. The monoisotopic (exact) mass is 663 g/mol. The van der Waals surface area contributed by atoms with E-state index in [2.05, 4.69) is 15.9 Å². The van der Waals surface area contributed by atoms with E-state index in [-0.39, 0.29) is 17.9 Å². The van der Waals surface area contributed by atoms with Crippen molar-refractivity contribution in [1.29, 1.82) is 0 Å². The SMILES string of the molecule is CCC1=C(C(=O)OC)[C@@H](c2ccccc2)n2c(s/c(=C/c3cc(Br)cc(OC)c3OCc3ccc([N+](=O)[O-])cc3)c2=O)=N1. The summed E-state index contributed by atoms with van der Waals surface area (Å²) in [5.41, 5.74) is 2.58. The van der Waals surface area contributed by atoms with Crippen molar-refractivity contribution in [3.63, 3.8) is 0 Å². The van der Waals surface area contributed by atoms with Gasteiger partial charge in [-0.3, -0.25) is 19.5 Å². The Morgan fingerprint density at radius 1 is 1.14 bits per heavy atom. The van der Waals surface area contributed by atoms with Gasteiger partial charge in [-0.1, -0.05) is 64.5 Å². The van der Waals surface area contributed by atoms with Crippen molar-refractivity contribution in [3.05, 3.63) is 129 Å². The lowest BCUT2D eigenvalue weighted by atomic mass is 9.95. The van der Waals surface area contributed by atoms with Crippen LogP contribution in [0.3, 0.4) is 0 Å². The number of esters is 1. The molecule has 0 saturated carbocycles. The van der Waals surface area contributed by atoms with Gasteiger partial charge in [-0.15, -0.1) is 0 Å². The number of fused-ring (bicyclic) bond motifs is 1. The molecule has 0 unspecified atom stereocenters. The largest absolute Gasteiger partial charge is 0.493 e. The fraction of sp³-hybridized carbons (Fsp3) is 0.194. The molecule has 10 nitrogen and oxygen atoms in total. The number of non-ortho nitro benzene ring substituents is 1. The number of halogens is 1. The van der Waals surface area contributed by atoms with E-state index in [0.717, 1.165) is 5.56 Å². The standard InChI is InChI=1S/C31H26BrN3O7S/c1-4-23-26(30(37)41-3)27(19-8-6-5-7-9-19)34-29(36)25(43-31(34)33-23)15-20-14-21(32)16-24(40-2)28(20)42-17-18-10-12-22(13-11-18)35(38)39/h5-16,27H,4,17H2,1-3H3/b25-15+/t27-/m1/s1. The minimum Gasteiger partial charge on any atom is -0.493 e. The topological polar surface area (TPSA) is 122 Å². The molecule has 1 aromatic heterocycles. The molecule has 0 spiro atoms. The predicted molar refractivity (Wildman–Crippen MR) is 165 cm³/mol. The molecule has 0 saturated heterocycles. The van der Waals surface area contributed by atoms with Gasteiger partial charge in [0.15, 0.2) is 16.3 Å². The van der Waals surface area contributed by atoms with E-state index in [1.165, 1.54) is 42.3 Å². The van der Waals surface area contributed by atoms with Gasteiger partial charge in [-0.25, -0.2) is 9.79 Å². The van der Waals surface area contributed by atoms with Crippen molar-refractivity contribution in [2.45, 2.75) is 26.0 Å². The number of carbonyl (C=O) groups is 1. The van der Waals surface area contributed by atoms with Gasteiger partial charge in [0.2, 0.25) is 0 Å². The molecule has 1 aliphatic rings. The molecular formula is C31H26BrN3O7S. The third-order valence-electron chi connectivity index (χ3n) is 6.85. The minimum atomic E-state index is -0.711. The van der Waals surface area contributed by atoms with E-state index < -0.39 is 16.9 Å². The fourth-order valence-corrected chi connectivity index (χ4v) is 6.29. The highest BCUT2D eigenvalue weighted by Gasteiger charge is 2.33. The lowest BCUT2D eigenvalue weighted by molar-refractivity contribution is -0.384. The molecular weight excluding hydrogens is 638 g/mol. The second-order valence-corrected chi connectivity index (χ2v) is 11.4. The molecule has 0 amide bonds. The molecule has 0 bridgehead atoms. The summed E-state index contributed by atoms with van der Waals surface area (Å²) >= 11 is 4.72. The Kier molecular flexibility index (Phi) is 8.88. The molecule has 43 heavy (non-hydrogen) atoms. The van der Waals surface area contributed by atoms with E-state index in [1.807, 2.05) is 37.3 Å². The van der Waals surface area contributed by atoms with Gasteiger partial charge in [0.05, 0.1) is 41.0 Å². The molecule has 220 valence electrons. The van der Waals surface area contributed by atoms with Crippen LogP contribution in [-0.2, 0) is 16.1 Å². The number of nitro benzene ring substituents is 1. The van der Waals surface area contributed by atoms with E-state index in [1.54, 1.807) is 30.3 Å². The van der Waals surface area contributed by atoms with Crippen molar-refractivity contribution in [2.24, 2.45) is 4.99 Å². The predicted octanol–water partition coefficient (Wildman–Crippen LogP) is 5.06. The molecule has 5 rings (SSSR count). The number of benzene rings is 3. The number of hydrogen-bond acceptors (Lipinski definition) is 9. The Bertz CT molecular complexity index is 1920. The van der Waals surface area contributed by atoms with Gasteiger partial charge >= 0.3 is 5.97 Å². The summed E-state index contributed by atoms with van der Waals surface area (Å²) < 4.78 is 19.5. The first-order chi connectivity index (χ1) is 20.7. The van der Waals surface area contributed by atoms with Crippen molar-refractivity contribution >= 4 is 45.0 Å². The van der Waals surface area contributed by atoms with Gasteiger partial charge in [0.1, 0.15) is 6.61 Å². The van der Waals surface area contributed by atoms with Crippen LogP contribution in [0.4, 0.5) is 5.69 Å². The van der Waals surface area contributed by atoms with E-state index in [4.69, 9.17) is 19.2 Å². The number of thiazole rings is 1. The van der Waals surface area contributed by atoms with Crippen molar-refractivity contribution in [2.75, 3.05) is 14.2 Å². The number of aromatic nitrogens is 1. The molecule has 12 heteroatoms. The molecule has 3 aromatic carbocycles. The number of carbonyl (C=O) groups excluding carboxylic acids is 1. The first-order valence-corrected chi connectivity index (χ1v) is 14.8. The van der Waals surface area contributed by atoms with Crippen LogP contribution in [0.2, 0.25) is 0 Å². The average Bonchev–Trinajstić information content (AvgIpc) is 3.33. The van der Waals surface area contributed by atoms with Crippen LogP contribution < -0.4 is 24.4 Å². The van der Waals surface area contributed by atoms with Gasteiger partial charge in [-0.05, 0) is 47.9 Å². The summed E-state index contributed by atoms with van der Waals surface area (Å²) in [7, 11) is 2.83. The highest BCUT2D eigenvalue weighted by atomic mass is 79.9. The molecule has 0 fully saturated rings. The molecule has 0 N–H and O–H groups in total. The first-order valence-electron chi connectivity index (χ1n) is 13.2. The second kappa shape index (κ2) is 12.8. The van der Waals surface area contributed by atoms with E-state index >= 15 is 0 Å². The maximum Gasteiger partial charge on any atom is 0.338 e. The van der Waals surface area contributed by atoms with Crippen LogP contribution in [0.15, 0.2) is 92.3 Å². The van der Waals surface area contributed by atoms with Crippen LogP contribution in [0.5, 0.6) is 11.5 Å². The Labute approximate surface area is 258 Å². The number of nitrogens with zero attached hydrogens (tertiary/aromatic N) is 3. The number of ether oxygens (including phenoxy) is 3. The summed E-state index contributed by atoms with van der Waals surface area (Å²) in [4.78, 5) is 42.8. The normalized spacial score (nSPS) is 14.6. The number of rotatable bonds is 9. The zero-order chi connectivity index (χ0) is 30.7. The summed E-state index contributed by atoms with van der Waals surface area (Å²) in [6, 6.07) is 18.2. The number of hydrogen-bond donors (Lipinski definition) is 0. The summed E-state index contributed by atoms with van der Waals surface area (Å²) in [6.45, 7) is 2.01. The number of methoxy groups -OCH3 is 2. The Morgan fingerprint density at radius 2 is 1.86 bits per heavy atom.